The van der Waals surface area contributed by atoms with E-state index in [0.717, 1.165) is 42.7 Å². The van der Waals surface area contributed by atoms with Gasteiger partial charge in [0, 0.05) is 24.2 Å². The van der Waals surface area contributed by atoms with Crippen LogP contribution in [0, 0.1) is 5.82 Å². The number of piperidine rings is 1. The summed E-state index contributed by atoms with van der Waals surface area (Å²) >= 11 is 0. The summed E-state index contributed by atoms with van der Waals surface area (Å²) in [7, 11) is 0. The molecule has 1 amide bonds. The van der Waals surface area contributed by atoms with Crippen LogP contribution >= 0.6 is 0 Å². The summed E-state index contributed by atoms with van der Waals surface area (Å²) in [6.45, 7) is 1.98. The number of hydrogen-bond acceptors (Lipinski definition) is 4. The molecule has 1 aliphatic rings. The Hall–Kier alpha value is -3.02. The van der Waals surface area contributed by atoms with Crippen molar-refractivity contribution in [3.05, 3.63) is 60.2 Å². The molecule has 0 atom stereocenters. The van der Waals surface area contributed by atoms with Crippen molar-refractivity contribution in [2.45, 2.75) is 25.7 Å². The maximum absolute atomic E-state index is 13.3. The zero-order valence-corrected chi connectivity index (χ0v) is 15.0. The maximum Gasteiger partial charge on any atom is 0.228 e. The smallest absolute Gasteiger partial charge is 0.228 e. The largest absolute Gasteiger partial charge is 0.356 e. The van der Waals surface area contributed by atoms with Gasteiger partial charge in [-0.15, -0.1) is 0 Å². The maximum atomic E-state index is 13.3. The van der Waals surface area contributed by atoms with E-state index in [4.69, 9.17) is 0 Å². The van der Waals surface area contributed by atoms with Crippen LogP contribution in [0.2, 0.25) is 0 Å². The number of benzene rings is 2. The van der Waals surface area contributed by atoms with Crippen LogP contribution in [0.15, 0.2) is 48.8 Å². The molecule has 1 aliphatic heterocycles. The third-order valence-electron chi connectivity index (χ3n) is 4.81. The molecule has 138 valence electrons. The molecule has 0 unspecified atom stereocenters. The van der Waals surface area contributed by atoms with Gasteiger partial charge >= 0.3 is 0 Å². The highest BCUT2D eigenvalue weighted by atomic mass is 19.1. The number of carbonyl (C=O) groups excluding carboxylic acids is 1. The zero-order chi connectivity index (χ0) is 18.6. The normalized spacial score (nSPS) is 14.3. The lowest BCUT2D eigenvalue weighted by Crippen LogP contribution is -2.30. The Morgan fingerprint density at radius 3 is 2.74 bits per heavy atom. The Labute approximate surface area is 157 Å². The Kier molecular flexibility index (Phi) is 4.96. The summed E-state index contributed by atoms with van der Waals surface area (Å²) in [6.07, 6.45) is 5.29. The topological polar surface area (TPSA) is 58.1 Å². The van der Waals surface area contributed by atoms with Gasteiger partial charge in [-0.3, -0.25) is 4.79 Å². The van der Waals surface area contributed by atoms with E-state index in [-0.39, 0.29) is 18.1 Å². The van der Waals surface area contributed by atoms with Crippen LogP contribution in [0.5, 0.6) is 0 Å². The first-order chi connectivity index (χ1) is 13.2. The lowest BCUT2D eigenvalue weighted by atomic mass is 10.1. The fraction of sp³-hybridized carbons (Fsp3) is 0.286. The minimum absolute atomic E-state index is 0.125. The van der Waals surface area contributed by atoms with E-state index in [0.29, 0.717) is 11.3 Å². The molecular weight excluding hydrogens is 343 g/mol. The summed E-state index contributed by atoms with van der Waals surface area (Å²) in [5.74, 6) is 0.395. The number of aromatic nitrogens is 2. The number of nitrogens with one attached hydrogen (secondary N) is 1. The molecule has 0 bridgehead atoms. The second kappa shape index (κ2) is 7.70. The van der Waals surface area contributed by atoms with Crippen LogP contribution in [0.3, 0.4) is 0 Å². The lowest BCUT2D eigenvalue weighted by Gasteiger charge is -2.28. The second-order valence-corrected chi connectivity index (χ2v) is 6.83. The Morgan fingerprint density at radius 1 is 1.07 bits per heavy atom. The Morgan fingerprint density at radius 2 is 1.93 bits per heavy atom. The van der Waals surface area contributed by atoms with Crippen LogP contribution in [0.25, 0.3) is 10.9 Å². The number of nitrogens with zero attached hydrogens (tertiary/aromatic N) is 3. The standard InChI is InChI=1S/C21H21FN4O/c22-16-6-4-5-15(11-16)12-20(27)25-17-7-8-19-18(13-17)21(24-14-23-19)26-9-2-1-3-10-26/h4-8,11,13-14H,1-3,9-10,12H2,(H,25,27). The molecule has 1 aromatic heterocycles. The molecule has 1 saturated heterocycles. The van der Waals surface area contributed by atoms with Crippen molar-refractivity contribution in [1.29, 1.82) is 0 Å². The van der Waals surface area contributed by atoms with Gasteiger partial charge in [-0.2, -0.15) is 0 Å². The molecule has 3 aromatic rings. The first kappa shape index (κ1) is 17.4. The molecule has 2 aromatic carbocycles. The monoisotopic (exact) mass is 364 g/mol. The average molecular weight is 364 g/mol. The van der Waals surface area contributed by atoms with Gasteiger partial charge in [-0.05, 0) is 55.2 Å². The van der Waals surface area contributed by atoms with Gasteiger partial charge in [0.05, 0.1) is 11.9 Å². The van der Waals surface area contributed by atoms with Gasteiger partial charge in [0.15, 0.2) is 0 Å². The molecule has 1 N–H and O–H groups in total. The van der Waals surface area contributed by atoms with E-state index < -0.39 is 0 Å². The van der Waals surface area contributed by atoms with Gasteiger partial charge in [-0.25, -0.2) is 14.4 Å². The summed E-state index contributed by atoms with van der Waals surface area (Å²) in [6, 6.07) is 11.7. The van der Waals surface area contributed by atoms with E-state index >= 15 is 0 Å². The van der Waals surface area contributed by atoms with Crippen LogP contribution in [-0.4, -0.2) is 29.0 Å². The SMILES string of the molecule is O=C(Cc1cccc(F)c1)Nc1ccc2ncnc(N3CCCCC3)c2c1. The zero-order valence-electron chi connectivity index (χ0n) is 15.0. The summed E-state index contributed by atoms with van der Waals surface area (Å²) < 4.78 is 13.3. The van der Waals surface area contributed by atoms with Crippen molar-refractivity contribution >= 4 is 28.3 Å². The minimum atomic E-state index is -0.339. The molecule has 6 heteroatoms. The third kappa shape index (κ3) is 4.05. The third-order valence-corrected chi connectivity index (χ3v) is 4.81. The molecule has 0 saturated carbocycles. The van der Waals surface area contributed by atoms with E-state index in [9.17, 15) is 9.18 Å². The Balaban J connectivity index is 1.56. The lowest BCUT2D eigenvalue weighted by molar-refractivity contribution is -0.115. The summed E-state index contributed by atoms with van der Waals surface area (Å²) in [4.78, 5) is 23.5. The van der Waals surface area contributed by atoms with Crippen molar-refractivity contribution in [3.8, 4) is 0 Å². The molecule has 1 fully saturated rings. The fourth-order valence-electron chi connectivity index (χ4n) is 3.52. The van der Waals surface area contributed by atoms with Crippen molar-refractivity contribution in [2.75, 3.05) is 23.3 Å². The van der Waals surface area contributed by atoms with E-state index in [1.165, 1.54) is 18.6 Å². The van der Waals surface area contributed by atoms with Crippen molar-refractivity contribution in [1.82, 2.24) is 9.97 Å². The average Bonchev–Trinajstić information content (AvgIpc) is 2.68. The number of rotatable bonds is 4. The van der Waals surface area contributed by atoms with Crippen molar-refractivity contribution in [3.63, 3.8) is 0 Å². The van der Waals surface area contributed by atoms with Gasteiger partial charge < -0.3 is 10.2 Å². The Bertz CT molecular complexity index is 969. The van der Waals surface area contributed by atoms with Crippen LogP contribution in [0.1, 0.15) is 24.8 Å². The van der Waals surface area contributed by atoms with Crippen molar-refractivity contribution in [2.24, 2.45) is 0 Å². The number of amides is 1. The fourth-order valence-corrected chi connectivity index (χ4v) is 3.52. The number of anilines is 2. The molecule has 27 heavy (non-hydrogen) atoms. The molecular formula is C21H21FN4O. The van der Waals surface area contributed by atoms with E-state index in [1.54, 1.807) is 18.5 Å². The first-order valence-corrected chi connectivity index (χ1v) is 9.23. The van der Waals surface area contributed by atoms with Crippen LogP contribution < -0.4 is 10.2 Å². The summed E-state index contributed by atoms with van der Waals surface area (Å²) in [5, 5.41) is 3.83. The quantitative estimate of drug-likeness (QED) is 0.762. The number of halogens is 1. The first-order valence-electron chi connectivity index (χ1n) is 9.23. The van der Waals surface area contributed by atoms with E-state index in [2.05, 4.69) is 20.2 Å². The molecule has 5 nitrogen and oxygen atoms in total. The second-order valence-electron chi connectivity index (χ2n) is 6.83. The van der Waals surface area contributed by atoms with Gasteiger partial charge in [0.2, 0.25) is 5.91 Å². The van der Waals surface area contributed by atoms with Crippen molar-refractivity contribution < 1.29 is 9.18 Å². The predicted octanol–water partition coefficient (Wildman–Crippen LogP) is 3.94. The number of hydrogen-bond donors (Lipinski definition) is 1. The minimum Gasteiger partial charge on any atom is -0.356 e. The summed E-state index contributed by atoms with van der Waals surface area (Å²) in [5.41, 5.74) is 2.19. The van der Waals surface area contributed by atoms with Crippen LogP contribution in [0.4, 0.5) is 15.9 Å². The highest BCUT2D eigenvalue weighted by molar-refractivity contribution is 5.97. The van der Waals surface area contributed by atoms with E-state index in [1.807, 2.05) is 18.2 Å². The highest BCUT2D eigenvalue weighted by Crippen LogP contribution is 2.28. The molecule has 0 spiro atoms. The predicted molar refractivity (Wildman–Crippen MR) is 104 cm³/mol. The van der Waals surface area contributed by atoms with Gasteiger partial charge in [-0.1, -0.05) is 12.1 Å². The van der Waals surface area contributed by atoms with Crippen LogP contribution in [-0.2, 0) is 11.2 Å². The van der Waals surface area contributed by atoms with Gasteiger partial charge in [0.25, 0.3) is 0 Å². The molecule has 2 heterocycles. The molecule has 4 rings (SSSR count). The number of carbonyl (C=O) groups is 1. The van der Waals surface area contributed by atoms with Gasteiger partial charge in [0.1, 0.15) is 18.0 Å². The molecule has 0 aliphatic carbocycles. The molecule has 0 radical (unpaired) electrons. The number of fused-ring (bicyclic) bond motifs is 1. The highest BCUT2D eigenvalue weighted by Gasteiger charge is 2.16.